The summed E-state index contributed by atoms with van der Waals surface area (Å²) in [6.45, 7) is 4.26. The Kier molecular flexibility index (Phi) is 5.41. The number of nitrogens with two attached hydrogens (primary N) is 1. The summed E-state index contributed by atoms with van der Waals surface area (Å²) in [6, 6.07) is 9.16. The summed E-state index contributed by atoms with van der Waals surface area (Å²) in [5.41, 5.74) is 8.53. The van der Waals surface area contributed by atoms with Crippen molar-refractivity contribution in [3.8, 4) is 11.5 Å². The Morgan fingerprint density at radius 2 is 2.12 bits per heavy atom. The van der Waals surface area contributed by atoms with Crippen molar-refractivity contribution in [3.63, 3.8) is 0 Å². The summed E-state index contributed by atoms with van der Waals surface area (Å²) >= 11 is 0. The molecule has 1 unspecified atom stereocenters. The Morgan fingerprint density at radius 1 is 1.31 bits per heavy atom. The lowest BCUT2D eigenvalue weighted by atomic mass is 10.1. The third-order valence-corrected chi connectivity index (χ3v) is 4.08. The van der Waals surface area contributed by atoms with E-state index in [-0.39, 0.29) is 18.7 Å². The van der Waals surface area contributed by atoms with Gasteiger partial charge in [-0.25, -0.2) is 4.98 Å². The van der Waals surface area contributed by atoms with Gasteiger partial charge in [-0.1, -0.05) is 19.4 Å². The molecular weight excluding hydrogens is 330 g/mol. The van der Waals surface area contributed by atoms with Gasteiger partial charge < -0.3 is 20.5 Å². The van der Waals surface area contributed by atoms with E-state index in [0.717, 1.165) is 35.4 Å². The van der Waals surface area contributed by atoms with Crippen LogP contribution in [0.15, 0.2) is 36.4 Å². The number of nitrogens with one attached hydrogen (secondary N) is 1. The van der Waals surface area contributed by atoms with Crippen LogP contribution < -0.4 is 20.5 Å². The van der Waals surface area contributed by atoms with Crippen molar-refractivity contribution in [2.75, 3.05) is 12.5 Å². The lowest BCUT2D eigenvalue weighted by Gasteiger charge is -2.17. The number of carbonyl (C=O) groups is 1. The minimum absolute atomic E-state index is 0.170. The number of aryl methyl sites for hydroxylation is 1. The molecule has 0 saturated heterocycles. The highest BCUT2D eigenvalue weighted by Gasteiger charge is 2.15. The highest BCUT2D eigenvalue weighted by atomic mass is 16.7. The van der Waals surface area contributed by atoms with E-state index in [2.05, 4.69) is 17.2 Å². The molecule has 1 aliphatic rings. The summed E-state index contributed by atoms with van der Waals surface area (Å²) in [6.07, 6.45) is 4.98. The fourth-order valence-electron chi connectivity index (χ4n) is 2.89. The molecule has 0 spiro atoms. The number of hydrogen-bond acceptors (Lipinski definition) is 5. The first-order chi connectivity index (χ1) is 12.5. The van der Waals surface area contributed by atoms with E-state index in [1.165, 1.54) is 6.08 Å². The third-order valence-electron chi connectivity index (χ3n) is 4.08. The molecule has 2 heterocycles. The number of amides is 1. The minimum Gasteiger partial charge on any atom is -0.454 e. The van der Waals surface area contributed by atoms with Crippen LogP contribution >= 0.6 is 0 Å². The van der Waals surface area contributed by atoms with Gasteiger partial charge in [0.05, 0.1) is 11.7 Å². The Labute approximate surface area is 153 Å². The van der Waals surface area contributed by atoms with Crippen molar-refractivity contribution in [2.24, 2.45) is 0 Å². The van der Waals surface area contributed by atoms with E-state index in [4.69, 9.17) is 15.2 Å². The zero-order chi connectivity index (χ0) is 18.5. The van der Waals surface area contributed by atoms with Gasteiger partial charge in [-0.2, -0.15) is 0 Å². The lowest BCUT2D eigenvalue weighted by molar-refractivity contribution is -0.117. The van der Waals surface area contributed by atoms with Gasteiger partial charge in [0.1, 0.15) is 5.82 Å². The number of aromatic nitrogens is 1. The number of pyridine rings is 1. The predicted molar refractivity (Wildman–Crippen MR) is 101 cm³/mol. The van der Waals surface area contributed by atoms with E-state index in [1.54, 1.807) is 6.08 Å². The van der Waals surface area contributed by atoms with E-state index < -0.39 is 0 Å². The molecule has 0 aliphatic carbocycles. The average Bonchev–Trinajstić information content (AvgIpc) is 3.06. The fraction of sp³-hybridized carbons (Fsp3) is 0.300. The second-order valence-electron chi connectivity index (χ2n) is 6.29. The molecule has 1 aromatic carbocycles. The molecule has 26 heavy (non-hydrogen) atoms. The standard InChI is InChI=1S/C20H23N3O3/c1-3-4-15(16-9-13(2)10-19(21)22-16)23-20(24)8-6-14-5-7-17-18(11-14)26-12-25-17/h5-11,15H,3-4,12H2,1-2H3,(H2,21,22)(H,23,24)/b8-6+. The first-order valence-corrected chi connectivity index (χ1v) is 8.67. The molecule has 0 radical (unpaired) electrons. The summed E-state index contributed by atoms with van der Waals surface area (Å²) in [5, 5.41) is 3.01. The normalized spacial score (nSPS) is 13.8. The number of anilines is 1. The molecule has 3 N–H and O–H groups in total. The molecule has 1 aromatic heterocycles. The second kappa shape index (κ2) is 7.91. The van der Waals surface area contributed by atoms with Gasteiger partial charge in [0.2, 0.25) is 12.7 Å². The van der Waals surface area contributed by atoms with Gasteiger partial charge in [-0.05, 0) is 54.8 Å². The van der Waals surface area contributed by atoms with Crippen molar-refractivity contribution >= 4 is 17.8 Å². The van der Waals surface area contributed by atoms with Gasteiger partial charge in [0, 0.05) is 6.08 Å². The summed E-state index contributed by atoms with van der Waals surface area (Å²) in [7, 11) is 0. The van der Waals surface area contributed by atoms with Gasteiger partial charge in [0.25, 0.3) is 0 Å². The van der Waals surface area contributed by atoms with Crippen LogP contribution in [0.3, 0.4) is 0 Å². The molecule has 136 valence electrons. The molecule has 3 rings (SSSR count). The summed E-state index contributed by atoms with van der Waals surface area (Å²) < 4.78 is 10.6. The molecule has 0 fully saturated rings. The zero-order valence-corrected chi connectivity index (χ0v) is 15.0. The highest BCUT2D eigenvalue weighted by molar-refractivity contribution is 5.92. The average molecular weight is 353 g/mol. The van der Waals surface area contributed by atoms with Crippen molar-refractivity contribution in [3.05, 3.63) is 53.2 Å². The maximum Gasteiger partial charge on any atom is 0.244 e. The number of nitrogen functional groups attached to an aromatic ring is 1. The highest BCUT2D eigenvalue weighted by Crippen LogP contribution is 2.32. The smallest absolute Gasteiger partial charge is 0.244 e. The lowest BCUT2D eigenvalue weighted by Crippen LogP contribution is -2.27. The van der Waals surface area contributed by atoms with E-state index >= 15 is 0 Å². The molecule has 1 amide bonds. The summed E-state index contributed by atoms with van der Waals surface area (Å²) in [4.78, 5) is 16.7. The quantitative estimate of drug-likeness (QED) is 0.778. The maximum absolute atomic E-state index is 12.4. The largest absolute Gasteiger partial charge is 0.454 e. The maximum atomic E-state index is 12.4. The van der Waals surface area contributed by atoms with Gasteiger partial charge >= 0.3 is 0 Å². The Hall–Kier alpha value is -3.02. The number of fused-ring (bicyclic) bond motifs is 1. The Balaban J connectivity index is 1.69. The third kappa shape index (κ3) is 4.33. The van der Waals surface area contributed by atoms with Crippen LogP contribution in [0.25, 0.3) is 6.08 Å². The second-order valence-corrected chi connectivity index (χ2v) is 6.29. The van der Waals surface area contributed by atoms with Crippen molar-refractivity contribution in [1.29, 1.82) is 0 Å². The molecule has 1 aliphatic heterocycles. The van der Waals surface area contributed by atoms with E-state index in [0.29, 0.717) is 11.6 Å². The van der Waals surface area contributed by atoms with Crippen LogP contribution in [0.2, 0.25) is 0 Å². The van der Waals surface area contributed by atoms with Crippen LogP contribution in [-0.4, -0.2) is 17.7 Å². The topological polar surface area (TPSA) is 86.5 Å². The number of nitrogens with zero attached hydrogens (tertiary/aromatic N) is 1. The van der Waals surface area contributed by atoms with Crippen LogP contribution in [0.4, 0.5) is 5.82 Å². The zero-order valence-electron chi connectivity index (χ0n) is 15.0. The first kappa shape index (κ1) is 17.8. The Morgan fingerprint density at radius 3 is 2.88 bits per heavy atom. The molecule has 6 nitrogen and oxygen atoms in total. The molecule has 6 heteroatoms. The summed E-state index contributed by atoms with van der Waals surface area (Å²) in [5.74, 6) is 1.70. The Bertz CT molecular complexity index is 813. The number of ether oxygens (including phenoxy) is 2. The molecule has 0 bridgehead atoms. The van der Waals surface area contributed by atoms with Gasteiger partial charge in [-0.15, -0.1) is 0 Å². The first-order valence-electron chi connectivity index (χ1n) is 8.67. The van der Waals surface area contributed by atoms with Crippen molar-refractivity contribution in [1.82, 2.24) is 10.3 Å². The van der Waals surface area contributed by atoms with E-state index in [9.17, 15) is 4.79 Å². The molecule has 2 aromatic rings. The number of benzene rings is 1. The van der Waals surface area contributed by atoms with Gasteiger partial charge in [-0.3, -0.25) is 4.79 Å². The van der Waals surface area contributed by atoms with Gasteiger partial charge in [0.15, 0.2) is 11.5 Å². The number of hydrogen-bond donors (Lipinski definition) is 2. The van der Waals surface area contributed by atoms with Crippen molar-refractivity contribution in [2.45, 2.75) is 32.7 Å². The monoisotopic (exact) mass is 353 g/mol. The molecular formula is C20H23N3O3. The minimum atomic E-state index is -0.178. The van der Waals surface area contributed by atoms with Crippen LogP contribution in [-0.2, 0) is 4.79 Å². The SMILES string of the molecule is CCCC(NC(=O)/C=C/c1ccc2c(c1)OCO2)c1cc(C)cc(N)n1. The molecule has 0 saturated carbocycles. The van der Waals surface area contributed by atoms with Crippen LogP contribution in [0.5, 0.6) is 11.5 Å². The molecule has 1 atom stereocenters. The van der Waals surface area contributed by atoms with Crippen LogP contribution in [0, 0.1) is 6.92 Å². The fourth-order valence-corrected chi connectivity index (χ4v) is 2.89. The number of rotatable bonds is 6. The van der Waals surface area contributed by atoms with E-state index in [1.807, 2.05) is 37.3 Å². The number of carbonyl (C=O) groups excluding carboxylic acids is 1. The van der Waals surface area contributed by atoms with Crippen molar-refractivity contribution < 1.29 is 14.3 Å². The predicted octanol–water partition coefficient (Wildman–Crippen LogP) is 3.37. The van der Waals surface area contributed by atoms with Crippen LogP contribution in [0.1, 0.15) is 42.6 Å².